The molecule has 0 bridgehead atoms. The van der Waals surface area contributed by atoms with Crippen molar-refractivity contribution in [3.05, 3.63) is 90.1 Å². The summed E-state index contributed by atoms with van der Waals surface area (Å²) in [7, 11) is 0. The van der Waals surface area contributed by atoms with Crippen molar-refractivity contribution in [1.82, 2.24) is 4.57 Å². The molecular formula is C20H15FN2O2. The summed E-state index contributed by atoms with van der Waals surface area (Å²) < 4.78 is 20.4. The lowest BCUT2D eigenvalue weighted by Crippen LogP contribution is -2.17. The van der Waals surface area contributed by atoms with E-state index in [0.29, 0.717) is 23.5 Å². The Hall–Kier alpha value is -3.34. The van der Waals surface area contributed by atoms with Gasteiger partial charge in [-0.1, -0.05) is 30.3 Å². The number of amides is 1. The van der Waals surface area contributed by atoms with Crippen LogP contribution in [0.25, 0.3) is 11.1 Å². The van der Waals surface area contributed by atoms with Gasteiger partial charge in [0.25, 0.3) is 5.91 Å². The van der Waals surface area contributed by atoms with Crippen molar-refractivity contribution in [3.63, 3.8) is 0 Å². The molecule has 2 heterocycles. The maximum absolute atomic E-state index is 13.0. The second kappa shape index (κ2) is 6.28. The molecule has 0 aliphatic carbocycles. The summed E-state index contributed by atoms with van der Waals surface area (Å²) in [5, 5.41) is 2.79. The lowest BCUT2D eigenvalue weighted by molar-refractivity contribution is 0.101. The molecule has 0 saturated carbocycles. The monoisotopic (exact) mass is 334 g/mol. The number of carbonyl (C=O) groups excluding carboxylic acids is 1. The fraction of sp³-hybridized carbons (Fsp3) is 0.0500. The second-order valence-corrected chi connectivity index (χ2v) is 5.73. The summed E-state index contributed by atoms with van der Waals surface area (Å²) in [4.78, 5) is 12.7. The van der Waals surface area contributed by atoms with Gasteiger partial charge in [-0.25, -0.2) is 4.39 Å². The first-order valence-electron chi connectivity index (χ1n) is 7.88. The Morgan fingerprint density at radius 1 is 1.04 bits per heavy atom. The molecule has 4 rings (SSSR count). The van der Waals surface area contributed by atoms with E-state index in [1.165, 1.54) is 24.3 Å². The average molecular weight is 334 g/mol. The Balaban J connectivity index is 1.68. The smallest absolute Gasteiger partial charge is 0.272 e. The quantitative estimate of drug-likeness (QED) is 0.589. The zero-order valence-corrected chi connectivity index (χ0v) is 13.3. The zero-order chi connectivity index (χ0) is 17.2. The maximum atomic E-state index is 13.0. The number of hydrogen-bond acceptors (Lipinski definition) is 2. The van der Waals surface area contributed by atoms with Crippen LogP contribution in [0, 0.1) is 5.82 Å². The fourth-order valence-electron chi connectivity index (χ4n) is 2.83. The number of carbonyl (C=O) groups is 1. The van der Waals surface area contributed by atoms with E-state index in [-0.39, 0.29) is 11.7 Å². The highest BCUT2D eigenvalue weighted by Gasteiger charge is 2.18. The summed E-state index contributed by atoms with van der Waals surface area (Å²) >= 11 is 0. The molecule has 0 spiro atoms. The number of anilines is 1. The Kier molecular flexibility index (Phi) is 3.82. The Labute approximate surface area is 143 Å². The van der Waals surface area contributed by atoms with Gasteiger partial charge < -0.3 is 14.3 Å². The van der Waals surface area contributed by atoms with Crippen LogP contribution < -0.4 is 5.32 Å². The van der Waals surface area contributed by atoms with Gasteiger partial charge in [-0.15, -0.1) is 0 Å². The first-order chi connectivity index (χ1) is 12.2. The third-order valence-corrected chi connectivity index (χ3v) is 4.04. The van der Waals surface area contributed by atoms with Gasteiger partial charge in [0.15, 0.2) is 5.58 Å². The second-order valence-electron chi connectivity index (χ2n) is 5.73. The molecular weight excluding hydrogens is 319 g/mol. The Morgan fingerprint density at radius 3 is 2.56 bits per heavy atom. The normalized spacial score (nSPS) is 10.9. The van der Waals surface area contributed by atoms with Crippen LogP contribution in [0.5, 0.6) is 0 Å². The number of hydrogen-bond donors (Lipinski definition) is 1. The topological polar surface area (TPSA) is 47.2 Å². The third-order valence-electron chi connectivity index (χ3n) is 4.04. The van der Waals surface area contributed by atoms with Crippen LogP contribution in [0.4, 0.5) is 10.1 Å². The van der Waals surface area contributed by atoms with Crippen LogP contribution in [0.3, 0.4) is 0 Å². The van der Waals surface area contributed by atoms with E-state index in [2.05, 4.69) is 5.32 Å². The molecule has 0 saturated heterocycles. The van der Waals surface area contributed by atoms with Crippen molar-refractivity contribution in [2.24, 2.45) is 0 Å². The fourth-order valence-corrected chi connectivity index (χ4v) is 2.83. The molecule has 2 aromatic carbocycles. The molecule has 25 heavy (non-hydrogen) atoms. The number of furan rings is 1. The molecule has 2 aromatic heterocycles. The highest BCUT2D eigenvalue weighted by Crippen LogP contribution is 2.23. The predicted octanol–water partition coefficient (Wildman–Crippen LogP) is 4.67. The molecule has 124 valence electrons. The van der Waals surface area contributed by atoms with Crippen molar-refractivity contribution in [3.8, 4) is 0 Å². The van der Waals surface area contributed by atoms with E-state index in [1.54, 1.807) is 12.3 Å². The molecule has 0 fully saturated rings. The highest BCUT2D eigenvalue weighted by atomic mass is 19.1. The minimum Gasteiger partial charge on any atom is -0.463 e. The van der Waals surface area contributed by atoms with E-state index in [4.69, 9.17) is 4.42 Å². The Bertz CT molecular complexity index is 1020. The number of benzene rings is 2. The van der Waals surface area contributed by atoms with Crippen molar-refractivity contribution < 1.29 is 13.6 Å². The van der Waals surface area contributed by atoms with Crippen LogP contribution in [-0.2, 0) is 6.54 Å². The van der Waals surface area contributed by atoms with Crippen LogP contribution in [-0.4, -0.2) is 10.5 Å². The van der Waals surface area contributed by atoms with Gasteiger partial charge in [0.2, 0.25) is 0 Å². The molecule has 5 heteroatoms. The zero-order valence-electron chi connectivity index (χ0n) is 13.3. The molecule has 0 atom stereocenters. The molecule has 4 aromatic rings. The third kappa shape index (κ3) is 3.04. The highest BCUT2D eigenvalue weighted by molar-refractivity contribution is 6.05. The van der Waals surface area contributed by atoms with E-state index in [0.717, 1.165) is 11.1 Å². The van der Waals surface area contributed by atoms with Gasteiger partial charge in [0.05, 0.1) is 11.8 Å². The first-order valence-corrected chi connectivity index (χ1v) is 7.88. The molecule has 1 amide bonds. The molecule has 4 nitrogen and oxygen atoms in total. The van der Waals surface area contributed by atoms with Crippen molar-refractivity contribution in [2.45, 2.75) is 6.54 Å². The summed E-state index contributed by atoms with van der Waals surface area (Å²) in [6.07, 6.45) is 1.60. The van der Waals surface area contributed by atoms with Crippen LogP contribution in [0.2, 0.25) is 0 Å². The van der Waals surface area contributed by atoms with Gasteiger partial charge in [-0.05, 0) is 29.8 Å². The summed E-state index contributed by atoms with van der Waals surface area (Å²) in [5.74, 6) is -0.614. The average Bonchev–Trinajstić information content (AvgIpc) is 3.21. The van der Waals surface area contributed by atoms with Gasteiger partial charge in [0.1, 0.15) is 11.5 Å². The summed E-state index contributed by atoms with van der Waals surface area (Å²) in [6.45, 7) is 0.552. The van der Waals surface area contributed by atoms with Gasteiger partial charge in [-0.2, -0.15) is 0 Å². The number of halogens is 1. The number of fused-ring (bicyclic) bond motifs is 1. The Morgan fingerprint density at radius 2 is 1.80 bits per heavy atom. The van der Waals surface area contributed by atoms with E-state index < -0.39 is 0 Å². The number of nitrogens with one attached hydrogen (secondary N) is 1. The lowest BCUT2D eigenvalue weighted by atomic mass is 10.2. The minimum atomic E-state index is -0.344. The number of rotatable bonds is 4. The van der Waals surface area contributed by atoms with E-state index >= 15 is 0 Å². The number of aromatic nitrogens is 1. The largest absolute Gasteiger partial charge is 0.463 e. The van der Waals surface area contributed by atoms with Crippen LogP contribution in [0.1, 0.15) is 16.1 Å². The van der Waals surface area contributed by atoms with Crippen molar-refractivity contribution >= 4 is 22.7 Å². The molecule has 0 radical (unpaired) electrons. The molecule has 0 aliphatic heterocycles. The summed E-state index contributed by atoms with van der Waals surface area (Å²) in [5.41, 5.74) is 3.61. The maximum Gasteiger partial charge on any atom is 0.272 e. The number of nitrogens with zero attached hydrogens (tertiary/aromatic N) is 1. The molecule has 0 unspecified atom stereocenters. The van der Waals surface area contributed by atoms with Gasteiger partial charge in [0, 0.05) is 24.4 Å². The minimum absolute atomic E-state index is 0.270. The van der Waals surface area contributed by atoms with E-state index in [9.17, 15) is 9.18 Å². The molecule has 1 N–H and O–H groups in total. The van der Waals surface area contributed by atoms with Crippen molar-refractivity contribution in [2.75, 3.05) is 5.32 Å². The standard InChI is InChI=1S/C20H15FN2O2/c21-15-6-8-16(9-7-15)22-20(24)18-12-19-17(10-11-25-19)23(18)13-14-4-2-1-3-5-14/h1-12H,13H2,(H,22,24). The SMILES string of the molecule is O=C(Nc1ccc(F)cc1)c1cc2occc2n1Cc1ccccc1. The first kappa shape index (κ1) is 15.2. The van der Waals surface area contributed by atoms with Crippen molar-refractivity contribution in [1.29, 1.82) is 0 Å². The van der Waals surface area contributed by atoms with Gasteiger partial charge in [-0.3, -0.25) is 4.79 Å². The predicted molar refractivity (Wildman–Crippen MR) is 94.1 cm³/mol. The molecule has 0 aliphatic rings. The van der Waals surface area contributed by atoms with Crippen LogP contribution in [0.15, 0.2) is 77.4 Å². The van der Waals surface area contributed by atoms with E-state index in [1.807, 2.05) is 41.0 Å². The van der Waals surface area contributed by atoms with Crippen LogP contribution >= 0.6 is 0 Å². The lowest BCUT2D eigenvalue weighted by Gasteiger charge is -2.11. The summed E-state index contributed by atoms with van der Waals surface area (Å²) in [6, 6.07) is 19.1. The van der Waals surface area contributed by atoms with Gasteiger partial charge >= 0.3 is 0 Å².